The van der Waals surface area contributed by atoms with E-state index in [1.54, 1.807) is 13.1 Å². The average molecular weight is 388 g/mol. The number of aromatic nitrogens is 2. The first-order chi connectivity index (χ1) is 12.3. The second-order valence-electron chi connectivity index (χ2n) is 7.06. The molecule has 5 nitrogen and oxygen atoms in total. The lowest BCUT2D eigenvalue weighted by Crippen LogP contribution is -2.20. The van der Waals surface area contributed by atoms with Gasteiger partial charge in [0.15, 0.2) is 5.16 Å². The molecule has 2 heterocycles. The van der Waals surface area contributed by atoms with Gasteiger partial charge in [0.2, 0.25) is 5.91 Å². The van der Waals surface area contributed by atoms with Crippen molar-refractivity contribution in [3.8, 4) is 0 Å². The molecule has 1 amide bonds. The monoisotopic (exact) mass is 387 g/mol. The maximum absolute atomic E-state index is 12.3. The summed E-state index contributed by atoms with van der Waals surface area (Å²) in [6.07, 6.45) is 0. The fourth-order valence-corrected chi connectivity index (χ4v) is 4.07. The Morgan fingerprint density at radius 3 is 2.58 bits per heavy atom. The standard InChI is InChI=1S/C19H21N3O2S2/c1-19(2,3)12-5-7-13(8-6-12)20-15(23)11-26-18-21-16-14(9-10-25-16)17(24)22(18)4/h5-10H,11H2,1-4H3,(H,20,23). The molecule has 0 saturated heterocycles. The minimum Gasteiger partial charge on any atom is -0.325 e. The summed E-state index contributed by atoms with van der Waals surface area (Å²) in [5.74, 6) is 0.0667. The summed E-state index contributed by atoms with van der Waals surface area (Å²) in [5.41, 5.74) is 1.97. The number of nitrogens with zero attached hydrogens (tertiary/aromatic N) is 2. The summed E-state index contributed by atoms with van der Waals surface area (Å²) >= 11 is 2.69. The Balaban J connectivity index is 1.66. The molecule has 0 atom stereocenters. The van der Waals surface area contributed by atoms with Crippen molar-refractivity contribution in [2.45, 2.75) is 31.3 Å². The fourth-order valence-electron chi connectivity index (χ4n) is 2.49. The zero-order chi connectivity index (χ0) is 18.9. The molecule has 1 N–H and O–H groups in total. The Morgan fingerprint density at radius 2 is 1.92 bits per heavy atom. The van der Waals surface area contributed by atoms with E-state index in [1.807, 2.05) is 29.6 Å². The number of thiophene rings is 1. The third kappa shape index (κ3) is 3.99. The van der Waals surface area contributed by atoms with Crippen LogP contribution in [0.5, 0.6) is 0 Å². The van der Waals surface area contributed by atoms with E-state index < -0.39 is 0 Å². The van der Waals surface area contributed by atoms with E-state index in [1.165, 1.54) is 33.2 Å². The van der Waals surface area contributed by atoms with Crippen LogP contribution in [0.1, 0.15) is 26.3 Å². The Labute approximate surface area is 160 Å². The van der Waals surface area contributed by atoms with Crippen molar-refractivity contribution >= 4 is 44.9 Å². The van der Waals surface area contributed by atoms with E-state index in [2.05, 4.69) is 31.1 Å². The van der Waals surface area contributed by atoms with Gasteiger partial charge < -0.3 is 5.32 Å². The smallest absolute Gasteiger partial charge is 0.262 e. The van der Waals surface area contributed by atoms with E-state index in [4.69, 9.17) is 0 Å². The Bertz CT molecular complexity index is 998. The van der Waals surface area contributed by atoms with Gasteiger partial charge in [-0.1, -0.05) is 44.7 Å². The normalized spacial score (nSPS) is 11.7. The van der Waals surface area contributed by atoms with E-state index in [9.17, 15) is 9.59 Å². The molecule has 0 radical (unpaired) electrons. The van der Waals surface area contributed by atoms with Gasteiger partial charge in [0.05, 0.1) is 11.1 Å². The number of rotatable bonds is 4. The van der Waals surface area contributed by atoms with Gasteiger partial charge in [-0.2, -0.15) is 0 Å². The van der Waals surface area contributed by atoms with Crippen LogP contribution in [0.15, 0.2) is 45.7 Å². The number of nitrogens with one attached hydrogen (secondary N) is 1. The second-order valence-corrected chi connectivity index (χ2v) is 8.90. The lowest BCUT2D eigenvalue weighted by molar-refractivity contribution is -0.113. The zero-order valence-corrected chi connectivity index (χ0v) is 16.8. The SMILES string of the molecule is Cn1c(SCC(=O)Nc2ccc(C(C)(C)C)cc2)nc2sccc2c1=O. The van der Waals surface area contributed by atoms with Crippen LogP contribution >= 0.6 is 23.1 Å². The van der Waals surface area contributed by atoms with E-state index in [-0.39, 0.29) is 22.6 Å². The minimum absolute atomic E-state index is 0.0787. The third-order valence-electron chi connectivity index (χ3n) is 4.03. The number of fused-ring (bicyclic) bond motifs is 1. The van der Waals surface area contributed by atoms with Crippen LogP contribution in [0.4, 0.5) is 5.69 Å². The highest BCUT2D eigenvalue weighted by atomic mass is 32.2. The largest absolute Gasteiger partial charge is 0.325 e. The van der Waals surface area contributed by atoms with Gasteiger partial charge in [-0.3, -0.25) is 14.2 Å². The number of carbonyl (C=O) groups is 1. The number of thioether (sulfide) groups is 1. The molecule has 0 aliphatic heterocycles. The Kier molecular flexibility index (Phi) is 5.20. The van der Waals surface area contributed by atoms with Crippen molar-refractivity contribution < 1.29 is 4.79 Å². The van der Waals surface area contributed by atoms with Gasteiger partial charge in [0.1, 0.15) is 4.83 Å². The van der Waals surface area contributed by atoms with Crippen LogP contribution in [0, 0.1) is 0 Å². The molecular formula is C19H21N3O2S2. The van der Waals surface area contributed by atoms with Crippen LogP contribution in [0.3, 0.4) is 0 Å². The van der Waals surface area contributed by atoms with Crippen molar-refractivity contribution in [2.75, 3.05) is 11.1 Å². The summed E-state index contributed by atoms with van der Waals surface area (Å²) in [6, 6.07) is 9.65. The zero-order valence-electron chi connectivity index (χ0n) is 15.2. The first-order valence-corrected chi connectivity index (χ1v) is 10.1. The van der Waals surface area contributed by atoms with Gasteiger partial charge in [-0.15, -0.1) is 11.3 Å². The number of carbonyl (C=O) groups excluding carboxylic acids is 1. The molecule has 0 fully saturated rings. The molecule has 0 saturated carbocycles. The molecule has 26 heavy (non-hydrogen) atoms. The van der Waals surface area contributed by atoms with Gasteiger partial charge in [-0.05, 0) is 34.6 Å². The van der Waals surface area contributed by atoms with Gasteiger partial charge >= 0.3 is 0 Å². The Hall–Kier alpha value is -2.12. The van der Waals surface area contributed by atoms with Crippen molar-refractivity contribution in [3.05, 3.63) is 51.6 Å². The van der Waals surface area contributed by atoms with Crippen molar-refractivity contribution in [3.63, 3.8) is 0 Å². The topological polar surface area (TPSA) is 64.0 Å². The van der Waals surface area contributed by atoms with Gasteiger partial charge in [0.25, 0.3) is 5.56 Å². The maximum atomic E-state index is 12.3. The molecule has 2 aromatic heterocycles. The van der Waals surface area contributed by atoms with E-state index in [0.717, 1.165) is 5.69 Å². The number of hydrogen-bond acceptors (Lipinski definition) is 5. The van der Waals surface area contributed by atoms with Crippen LogP contribution in [-0.4, -0.2) is 21.2 Å². The predicted molar refractivity (Wildman–Crippen MR) is 109 cm³/mol. The molecule has 0 bridgehead atoms. The lowest BCUT2D eigenvalue weighted by atomic mass is 9.87. The summed E-state index contributed by atoms with van der Waals surface area (Å²) in [7, 11) is 1.68. The highest BCUT2D eigenvalue weighted by Crippen LogP contribution is 2.24. The van der Waals surface area contributed by atoms with Crippen LogP contribution in [0.2, 0.25) is 0 Å². The molecule has 0 aliphatic carbocycles. The third-order valence-corrected chi connectivity index (χ3v) is 5.87. The molecule has 3 rings (SSSR count). The number of hydrogen-bond donors (Lipinski definition) is 1. The number of amides is 1. The van der Waals surface area contributed by atoms with Crippen LogP contribution in [-0.2, 0) is 17.3 Å². The summed E-state index contributed by atoms with van der Waals surface area (Å²) < 4.78 is 1.49. The minimum atomic E-state index is -0.126. The lowest BCUT2D eigenvalue weighted by Gasteiger charge is -2.19. The summed E-state index contributed by atoms with van der Waals surface area (Å²) in [4.78, 5) is 29.7. The summed E-state index contributed by atoms with van der Waals surface area (Å²) in [5, 5.41) is 5.89. The molecule has 1 aromatic carbocycles. The molecule has 0 spiro atoms. The van der Waals surface area contributed by atoms with Crippen molar-refractivity contribution in [1.29, 1.82) is 0 Å². The van der Waals surface area contributed by atoms with Crippen LogP contribution in [0.25, 0.3) is 10.2 Å². The van der Waals surface area contributed by atoms with Crippen molar-refractivity contribution in [2.24, 2.45) is 7.05 Å². The van der Waals surface area contributed by atoms with E-state index >= 15 is 0 Å². The molecule has 0 aliphatic rings. The highest BCUT2D eigenvalue weighted by Gasteiger charge is 2.14. The van der Waals surface area contributed by atoms with Crippen molar-refractivity contribution in [1.82, 2.24) is 9.55 Å². The molecule has 0 unspecified atom stereocenters. The Morgan fingerprint density at radius 1 is 1.23 bits per heavy atom. The van der Waals surface area contributed by atoms with Gasteiger partial charge in [0, 0.05) is 12.7 Å². The van der Waals surface area contributed by atoms with Gasteiger partial charge in [-0.25, -0.2) is 4.98 Å². The highest BCUT2D eigenvalue weighted by molar-refractivity contribution is 7.99. The molecular weight excluding hydrogens is 366 g/mol. The molecule has 7 heteroatoms. The quantitative estimate of drug-likeness (QED) is 0.542. The first kappa shape index (κ1) is 18.7. The maximum Gasteiger partial charge on any atom is 0.262 e. The molecule has 3 aromatic rings. The summed E-state index contributed by atoms with van der Waals surface area (Å²) in [6.45, 7) is 6.46. The van der Waals surface area contributed by atoms with Crippen LogP contribution < -0.4 is 10.9 Å². The predicted octanol–water partition coefficient (Wildman–Crippen LogP) is 4.02. The number of benzene rings is 1. The number of anilines is 1. The second kappa shape index (κ2) is 7.25. The van der Waals surface area contributed by atoms with E-state index in [0.29, 0.717) is 15.4 Å². The average Bonchev–Trinajstić information content (AvgIpc) is 3.05. The molecule has 136 valence electrons. The fraction of sp³-hybridized carbons (Fsp3) is 0.316. The first-order valence-electron chi connectivity index (χ1n) is 8.23.